The van der Waals surface area contributed by atoms with Gasteiger partial charge in [-0.3, -0.25) is 4.79 Å². The minimum absolute atomic E-state index is 0.0162. The summed E-state index contributed by atoms with van der Waals surface area (Å²) >= 11 is 1.31. The maximum absolute atomic E-state index is 14.4. The van der Waals surface area contributed by atoms with Gasteiger partial charge in [-0.05, 0) is 38.8 Å². The molecule has 3 heterocycles. The average molecular weight is 531 g/mol. The fraction of sp³-hybridized carbons (Fsp3) is 0.591. The molecule has 13 heteroatoms. The van der Waals surface area contributed by atoms with E-state index >= 15 is 0 Å². The summed E-state index contributed by atoms with van der Waals surface area (Å²) in [6.07, 6.45) is 1.55. The van der Waals surface area contributed by atoms with E-state index in [1.807, 2.05) is 13.8 Å². The highest BCUT2D eigenvalue weighted by Crippen LogP contribution is 2.32. The number of sulfone groups is 1. The first-order chi connectivity index (χ1) is 16.4. The summed E-state index contributed by atoms with van der Waals surface area (Å²) in [5, 5.41) is 0.807. The average Bonchev–Trinajstić information content (AvgIpc) is 3.43. The number of carbonyl (C=O) groups is 1. The lowest BCUT2D eigenvalue weighted by molar-refractivity contribution is -0.135. The van der Waals surface area contributed by atoms with Gasteiger partial charge in [-0.25, -0.2) is 22.2 Å². The number of likely N-dealkylation sites (tertiary alicyclic amines) is 1. The Balaban J connectivity index is 1.37. The van der Waals surface area contributed by atoms with Crippen LogP contribution in [0.3, 0.4) is 0 Å². The van der Waals surface area contributed by atoms with Crippen molar-refractivity contribution >= 4 is 32.4 Å². The smallest absolute Gasteiger partial charge is 0.263 e. The molecule has 0 saturated carbocycles. The lowest BCUT2D eigenvalue weighted by atomic mass is 10.0. The predicted molar refractivity (Wildman–Crippen MR) is 125 cm³/mol. The number of hydrogen-bond donors (Lipinski definition) is 0. The van der Waals surface area contributed by atoms with Crippen molar-refractivity contribution in [1.82, 2.24) is 14.3 Å². The number of nitrogens with zero attached hydrogens (tertiary/aromatic N) is 4. The Morgan fingerprint density at radius 2 is 1.74 bits per heavy atom. The first kappa shape index (κ1) is 25.7. The zero-order valence-corrected chi connectivity index (χ0v) is 21.6. The fourth-order valence-electron chi connectivity index (χ4n) is 4.20. The molecule has 1 atom stereocenters. The van der Waals surface area contributed by atoms with E-state index in [2.05, 4.69) is 14.3 Å². The first-order valence-corrected chi connectivity index (χ1v) is 13.9. The number of rotatable bonds is 7. The molecule has 0 aliphatic carbocycles. The van der Waals surface area contributed by atoms with Crippen LogP contribution in [0.1, 0.15) is 38.9 Å². The highest BCUT2D eigenvalue weighted by molar-refractivity contribution is 7.90. The van der Waals surface area contributed by atoms with Gasteiger partial charge < -0.3 is 19.3 Å². The van der Waals surface area contributed by atoms with Crippen molar-refractivity contribution in [3.63, 3.8) is 0 Å². The summed E-state index contributed by atoms with van der Waals surface area (Å²) in [4.78, 5) is 20.9. The number of anilines is 1. The quantitative estimate of drug-likeness (QED) is 0.539. The second kappa shape index (κ2) is 9.58. The molecule has 0 N–H and O–H groups in total. The van der Waals surface area contributed by atoms with Crippen molar-refractivity contribution in [3.8, 4) is 5.75 Å². The van der Waals surface area contributed by atoms with Gasteiger partial charge in [0.25, 0.3) is 5.91 Å². The van der Waals surface area contributed by atoms with Crippen LogP contribution in [-0.4, -0.2) is 73.7 Å². The Morgan fingerprint density at radius 1 is 1.11 bits per heavy atom. The molecule has 0 bridgehead atoms. The molecule has 192 valence electrons. The van der Waals surface area contributed by atoms with Gasteiger partial charge in [0, 0.05) is 57.0 Å². The van der Waals surface area contributed by atoms with Crippen LogP contribution in [-0.2, 0) is 25.0 Å². The molecule has 35 heavy (non-hydrogen) atoms. The SMILES string of the molecule is COC(C)(C)c1nsc(N2CCC(N3CCC(Oc4c(F)cc(S(C)(=O)=O)cc4F)C3=O)CC2)n1. The van der Waals surface area contributed by atoms with E-state index in [4.69, 9.17) is 9.47 Å². The zero-order chi connectivity index (χ0) is 25.5. The normalized spacial score (nSPS) is 20.1. The molecule has 9 nitrogen and oxygen atoms in total. The van der Waals surface area contributed by atoms with Gasteiger partial charge in [0.2, 0.25) is 5.13 Å². The minimum atomic E-state index is -3.79. The summed E-state index contributed by atoms with van der Waals surface area (Å²) in [5.41, 5.74) is -0.575. The zero-order valence-electron chi connectivity index (χ0n) is 20.0. The fourth-order valence-corrected chi connectivity index (χ4v) is 5.69. The van der Waals surface area contributed by atoms with Crippen LogP contribution >= 0.6 is 11.5 Å². The van der Waals surface area contributed by atoms with Crippen molar-refractivity contribution < 1.29 is 31.5 Å². The summed E-state index contributed by atoms with van der Waals surface area (Å²) in [5.74, 6) is -2.75. The van der Waals surface area contributed by atoms with E-state index in [0.717, 1.165) is 11.4 Å². The number of amides is 1. The van der Waals surface area contributed by atoms with Crippen molar-refractivity contribution in [2.24, 2.45) is 0 Å². The van der Waals surface area contributed by atoms with Gasteiger partial charge in [-0.2, -0.15) is 4.37 Å². The molecular weight excluding hydrogens is 502 g/mol. The van der Waals surface area contributed by atoms with Crippen molar-refractivity contribution in [2.75, 3.05) is 37.9 Å². The minimum Gasteiger partial charge on any atom is -0.474 e. The summed E-state index contributed by atoms with van der Waals surface area (Å²) in [6.45, 7) is 5.61. The number of benzene rings is 1. The Morgan fingerprint density at radius 3 is 2.31 bits per heavy atom. The number of piperidine rings is 1. The maximum Gasteiger partial charge on any atom is 0.263 e. The van der Waals surface area contributed by atoms with E-state index in [9.17, 15) is 22.0 Å². The molecule has 1 aromatic heterocycles. The third-order valence-electron chi connectivity index (χ3n) is 6.49. The monoisotopic (exact) mass is 530 g/mol. The van der Waals surface area contributed by atoms with Gasteiger partial charge in [0.1, 0.15) is 5.60 Å². The lowest BCUT2D eigenvalue weighted by Gasteiger charge is -2.36. The van der Waals surface area contributed by atoms with E-state index in [0.29, 0.717) is 50.4 Å². The highest BCUT2D eigenvalue weighted by atomic mass is 32.2. The van der Waals surface area contributed by atoms with Crippen LogP contribution in [0.2, 0.25) is 0 Å². The van der Waals surface area contributed by atoms with Crippen LogP contribution in [0.5, 0.6) is 5.75 Å². The number of hydrogen-bond acceptors (Lipinski definition) is 9. The Kier molecular flexibility index (Phi) is 7.04. The molecule has 2 aliphatic heterocycles. The van der Waals surface area contributed by atoms with Crippen LogP contribution in [0.15, 0.2) is 17.0 Å². The highest BCUT2D eigenvalue weighted by Gasteiger charge is 2.40. The number of halogens is 2. The summed E-state index contributed by atoms with van der Waals surface area (Å²) < 4.78 is 67.2. The van der Waals surface area contributed by atoms with E-state index in [1.54, 1.807) is 12.0 Å². The molecule has 1 unspecified atom stereocenters. The lowest BCUT2D eigenvalue weighted by Crippen LogP contribution is -2.47. The molecule has 2 saturated heterocycles. The first-order valence-electron chi connectivity index (χ1n) is 11.2. The molecule has 1 amide bonds. The number of aromatic nitrogens is 2. The van der Waals surface area contributed by atoms with Gasteiger partial charge in [0.15, 0.2) is 39.1 Å². The van der Waals surface area contributed by atoms with Crippen molar-refractivity contribution in [3.05, 3.63) is 29.6 Å². The molecule has 2 fully saturated rings. The van der Waals surface area contributed by atoms with Crippen LogP contribution < -0.4 is 9.64 Å². The van der Waals surface area contributed by atoms with Crippen LogP contribution in [0.25, 0.3) is 0 Å². The second-order valence-corrected chi connectivity index (χ2v) is 12.0. The van der Waals surface area contributed by atoms with Gasteiger partial charge >= 0.3 is 0 Å². The third kappa shape index (κ3) is 5.26. The van der Waals surface area contributed by atoms with E-state index in [-0.39, 0.29) is 18.4 Å². The number of ether oxygens (including phenoxy) is 2. The second-order valence-electron chi connectivity index (χ2n) is 9.25. The molecule has 0 spiro atoms. The Bertz CT molecular complexity index is 1190. The molecule has 2 aromatic rings. The molecule has 0 radical (unpaired) electrons. The summed E-state index contributed by atoms with van der Waals surface area (Å²) in [7, 11) is -2.17. The largest absolute Gasteiger partial charge is 0.474 e. The Labute approximate surface area is 207 Å². The predicted octanol–water partition coefficient (Wildman–Crippen LogP) is 2.75. The van der Waals surface area contributed by atoms with Gasteiger partial charge in [-0.15, -0.1) is 0 Å². The van der Waals surface area contributed by atoms with E-state index in [1.165, 1.54) is 11.5 Å². The van der Waals surface area contributed by atoms with Crippen molar-refractivity contribution in [2.45, 2.75) is 55.8 Å². The van der Waals surface area contributed by atoms with Gasteiger partial charge in [-0.1, -0.05) is 0 Å². The van der Waals surface area contributed by atoms with E-state index < -0.39 is 43.8 Å². The van der Waals surface area contributed by atoms with Crippen LogP contribution in [0, 0.1) is 11.6 Å². The standard InChI is InChI=1S/C22H28F2N4O5S2/c1-22(2,32-3)20-25-21(34-26-20)27-8-5-13(6-9-27)28-10-7-17(19(28)29)33-18-15(23)11-14(12-16(18)24)35(4,30)31/h11-13,17H,5-10H2,1-4H3. The third-order valence-corrected chi connectivity index (χ3v) is 8.36. The Hall–Kier alpha value is -2.38. The van der Waals surface area contributed by atoms with Crippen molar-refractivity contribution in [1.29, 1.82) is 0 Å². The molecule has 2 aliphatic rings. The molecule has 4 rings (SSSR count). The van der Waals surface area contributed by atoms with Gasteiger partial charge in [0.05, 0.1) is 4.90 Å². The molecular formula is C22H28F2N4O5S2. The van der Waals surface area contributed by atoms with Crippen LogP contribution in [0.4, 0.5) is 13.9 Å². The summed E-state index contributed by atoms with van der Waals surface area (Å²) in [6, 6.07) is 1.39. The molecule has 1 aromatic carbocycles. The topological polar surface area (TPSA) is 102 Å². The number of carbonyl (C=O) groups excluding carboxylic acids is 1. The number of methoxy groups -OCH3 is 1. The maximum atomic E-state index is 14.4.